The summed E-state index contributed by atoms with van der Waals surface area (Å²) in [6, 6.07) is 1.31. The number of hydrogen-bond acceptors (Lipinski definition) is 4. The fraction of sp³-hybridized carbons (Fsp3) is 0.944. The molecule has 23 heavy (non-hydrogen) atoms. The van der Waals surface area contributed by atoms with Gasteiger partial charge in [-0.25, -0.2) is 0 Å². The van der Waals surface area contributed by atoms with Gasteiger partial charge in [-0.1, -0.05) is 12.8 Å². The Morgan fingerprint density at radius 3 is 2.43 bits per heavy atom. The minimum absolute atomic E-state index is 0.103. The first-order chi connectivity index (χ1) is 11.2. The summed E-state index contributed by atoms with van der Waals surface area (Å²) in [7, 11) is 2.11. The van der Waals surface area contributed by atoms with Crippen molar-refractivity contribution in [2.45, 2.75) is 69.5 Å². The van der Waals surface area contributed by atoms with Crippen LogP contribution in [0.15, 0.2) is 0 Å². The molecule has 0 spiro atoms. The van der Waals surface area contributed by atoms with Gasteiger partial charge in [-0.2, -0.15) is 11.8 Å². The van der Waals surface area contributed by atoms with Crippen molar-refractivity contribution in [2.75, 3.05) is 38.2 Å². The predicted octanol–water partition coefficient (Wildman–Crippen LogP) is 2.34. The van der Waals surface area contributed by atoms with Gasteiger partial charge in [-0.05, 0) is 63.6 Å². The fourth-order valence-electron chi connectivity index (χ4n) is 4.34. The molecule has 3 heterocycles. The average Bonchev–Trinajstić information content (AvgIpc) is 2.81. The third-order valence-corrected chi connectivity index (χ3v) is 6.96. The third kappa shape index (κ3) is 4.86. The molecule has 3 aliphatic heterocycles. The van der Waals surface area contributed by atoms with E-state index in [1.54, 1.807) is 0 Å². The molecular formula is C18H33N3OS. The minimum Gasteiger partial charge on any atom is -0.352 e. The van der Waals surface area contributed by atoms with Crippen molar-refractivity contribution in [3.63, 3.8) is 0 Å². The minimum atomic E-state index is 0.103. The molecule has 0 aromatic heterocycles. The van der Waals surface area contributed by atoms with Crippen LogP contribution in [0.5, 0.6) is 0 Å². The first kappa shape index (κ1) is 17.6. The van der Waals surface area contributed by atoms with E-state index in [2.05, 4.69) is 33.9 Å². The maximum Gasteiger partial charge on any atom is 0.237 e. The summed E-state index contributed by atoms with van der Waals surface area (Å²) >= 11 is 2.10. The van der Waals surface area contributed by atoms with E-state index in [0.29, 0.717) is 6.04 Å². The van der Waals surface area contributed by atoms with Crippen LogP contribution in [0.2, 0.25) is 0 Å². The van der Waals surface area contributed by atoms with Crippen LogP contribution in [-0.4, -0.2) is 72.0 Å². The lowest BCUT2D eigenvalue weighted by Crippen LogP contribution is -2.52. The number of hydrogen-bond donors (Lipinski definition) is 1. The van der Waals surface area contributed by atoms with Crippen molar-refractivity contribution in [1.82, 2.24) is 15.1 Å². The molecule has 3 saturated heterocycles. The number of nitrogens with one attached hydrogen (secondary N) is 1. The lowest BCUT2D eigenvalue weighted by molar-refractivity contribution is -0.127. The van der Waals surface area contributed by atoms with Crippen LogP contribution in [0, 0.1) is 0 Å². The molecule has 0 aromatic carbocycles. The monoisotopic (exact) mass is 339 g/mol. The van der Waals surface area contributed by atoms with E-state index >= 15 is 0 Å². The van der Waals surface area contributed by atoms with E-state index in [1.807, 2.05) is 0 Å². The summed E-state index contributed by atoms with van der Waals surface area (Å²) < 4.78 is 0. The molecule has 0 aromatic rings. The van der Waals surface area contributed by atoms with Crippen LogP contribution in [0.4, 0.5) is 0 Å². The van der Waals surface area contributed by atoms with Gasteiger partial charge in [0.05, 0.1) is 6.04 Å². The molecule has 0 aliphatic carbocycles. The van der Waals surface area contributed by atoms with E-state index in [-0.39, 0.29) is 11.9 Å². The van der Waals surface area contributed by atoms with Gasteiger partial charge in [0, 0.05) is 25.2 Å². The number of piperidine rings is 1. The normalized spacial score (nSPS) is 30.0. The second kappa shape index (κ2) is 8.72. The number of amides is 1. The van der Waals surface area contributed by atoms with Crippen molar-refractivity contribution >= 4 is 17.7 Å². The number of thioether (sulfide) groups is 1. The van der Waals surface area contributed by atoms with Crippen LogP contribution in [-0.2, 0) is 4.79 Å². The molecule has 5 heteroatoms. The van der Waals surface area contributed by atoms with E-state index in [9.17, 15) is 4.79 Å². The van der Waals surface area contributed by atoms with Crippen molar-refractivity contribution in [1.29, 1.82) is 0 Å². The number of nitrogens with zero attached hydrogens (tertiary/aromatic N) is 2. The first-order valence-electron chi connectivity index (χ1n) is 9.56. The van der Waals surface area contributed by atoms with Gasteiger partial charge >= 0.3 is 0 Å². The van der Waals surface area contributed by atoms with E-state index in [4.69, 9.17) is 0 Å². The fourth-order valence-corrected chi connectivity index (χ4v) is 5.42. The maximum absolute atomic E-state index is 12.6. The molecule has 0 saturated carbocycles. The molecule has 1 N–H and O–H groups in total. The zero-order chi connectivity index (χ0) is 16.1. The Labute approximate surface area is 145 Å². The highest BCUT2D eigenvalue weighted by molar-refractivity contribution is 7.99. The summed E-state index contributed by atoms with van der Waals surface area (Å²) in [4.78, 5) is 17.6. The van der Waals surface area contributed by atoms with Gasteiger partial charge in [-0.15, -0.1) is 0 Å². The molecule has 132 valence electrons. The van der Waals surface area contributed by atoms with Gasteiger partial charge in [0.15, 0.2) is 0 Å². The highest BCUT2D eigenvalue weighted by Crippen LogP contribution is 2.25. The van der Waals surface area contributed by atoms with Crippen molar-refractivity contribution in [2.24, 2.45) is 0 Å². The Morgan fingerprint density at radius 1 is 0.957 bits per heavy atom. The molecule has 3 fully saturated rings. The molecule has 1 unspecified atom stereocenters. The van der Waals surface area contributed by atoms with Crippen LogP contribution in [0.1, 0.15) is 51.4 Å². The number of likely N-dealkylation sites (tertiary alicyclic amines) is 2. The van der Waals surface area contributed by atoms with Crippen LogP contribution in [0.3, 0.4) is 0 Å². The zero-order valence-corrected chi connectivity index (χ0v) is 15.5. The quantitative estimate of drug-likeness (QED) is 0.856. The Kier molecular flexibility index (Phi) is 6.66. The molecule has 0 radical (unpaired) electrons. The van der Waals surface area contributed by atoms with Gasteiger partial charge in [0.25, 0.3) is 0 Å². The standard InChI is InChI=1S/C18H33N3OS/c1-20-10-4-2-3-5-17(20)18(22)19-15-6-11-21(12-7-15)16-8-13-23-14-9-16/h15-17H,2-14H2,1H3,(H,19,22). The molecular weight excluding hydrogens is 306 g/mol. The zero-order valence-electron chi connectivity index (χ0n) is 14.6. The summed E-state index contributed by atoms with van der Waals surface area (Å²) in [6.45, 7) is 3.40. The molecule has 1 atom stereocenters. The lowest BCUT2D eigenvalue weighted by Gasteiger charge is -2.39. The molecule has 1 amide bonds. The van der Waals surface area contributed by atoms with Crippen LogP contribution >= 0.6 is 11.8 Å². The van der Waals surface area contributed by atoms with Crippen molar-refractivity contribution < 1.29 is 4.79 Å². The van der Waals surface area contributed by atoms with Gasteiger partial charge in [0.2, 0.25) is 5.91 Å². The SMILES string of the molecule is CN1CCCCCC1C(=O)NC1CCN(C2CCSCC2)CC1. The highest BCUT2D eigenvalue weighted by Gasteiger charge is 2.30. The first-order valence-corrected chi connectivity index (χ1v) is 10.7. The number of rotatable bonds is 3. The lowest BCUT2D eigenvalue weighted by atomic mass is 10.00. The smallest absolute Gasteiger partial charge is 0.237 e. The molecule has 3 aliphatic rings. The van der Waals surface area contributed by atoms with Gasteiger partial charge < -0.3 is 10.2 Å². The number of likely N-dealkylation sites (N-methyl/N-ethyl adjacent to an activating group) is 1. The van der Waals surface area contributed by atoms with Crippen LogP contribution in [0.25, 0.3) is 0 Å². The van der Waals surface area contributed by atoms with Crippen LogP contribution < -0.4 is 5.32 Å². The summed E-state index contributed by atoms with van der Waals surface area (Å²) in [5.74, 6) is 2.94. The Hall–Kier alpha value is -0.260. The topological polar surface area (TPSA) is 35.6 Å². The summed E-state index contributed by atoms with van der Waals surface area (Å²) in [5.41, 5.74) is 0. The average molecular weight is 340 g/mol. The second-order valence-corrected chi connectivity index (χ2v) is 8.73. The molecule has 4 nitrogen and oxygen atoms in total. The van der Waals surface area contributed by atoms with E-state index in [1.165, 1.54) is 56.7 Å². The predicted molar refractivity (Wildman–Crippen MR) is 98.0 cm³/mol. The Bertz CT molecular complexity index is 378. The Balaban J connectivity index is 1.43. The summed E-state index contributed by atoms with van der Waals surface area (Å²) in [6.07, 6.45) is 9.70. The molecule has 0 bridgehead atoms. The number of carbonyl (C=O) groups excluding carboxylic acids is 1. The van der Waals surface area contributed by atoms with Crippen molar-refractivity contribution in [3.05, 3.63) is 0 Å². The Morgan fingerprint density at radius 2 is 1.70 bits per heavy atom. The second-order valence-electron chi connectivity index (χ2n) is 7.51. The maximum atomic E-state index is 12.6. The van der Waals surface area contributed by atoms with E-state index in [0.717, 1.165) is 31.8 Å². The van der Waals surface area contributed by atoms with Gasteiger partial charge in [0.1, 0.15) is 0 Å². The summed E-state index contributed by atoms with van der Waals surface area (Å²) in [5, 5.41) is 3.36. The van der Waals surface area contributed by atoms with Gasteiger partial charge in [-0.3, -0.25) is 9.69 Å². The third-order valence-electron chi connectivity index (χ3n) is 5.91. The van der Waals surface area contributed by atoms with Crippen molar-refractivity contribution in [3.8, 4) is 0 Å². The highest BCUT2D eigenvalue weighted by atomic mass is 32.2. The largest absolute Gasteiger partial charge is 0.352 e. The van der Waals surface area contributed by atoms with E-state index < -0.39 is 0 Å². The molecule has 3 rings (SSSR count). The number of carbonyl (C=O) groups is 1.